The van der Waals surface area contributed by atoms with Crippen LogP contribution in [0.2, 0.25) is 0 Å². The maximum Gasteiger partial charge on any atom is 0.240 e. The molecule has 2 N–H and O–H groups in total. The van der Waals surface area contributed by atoms with Crippen molar-refractivity contribution < 1.29 is 18.3 Å². The van der Waals surface area contributed by atoms with Crippen LogP contribution >= 0.6 is 0 Å². The van der Waals surface area contributed by atoms with Gasteiger partial charge in [-0.2, -0.15) is 0 Å². The van der Waals surface area contributed by atoms with Crippen LogP contribution in [0.3, 0.4) is 0 Å². The molecule has 0 bridgehead atoms. The Kier molecular flexibility index (Phi) is 6.42. The predicted molar refractivity (Wildman–Crippen MR) is 77.6 cm³/mol. The van der Waals surface area contributed by atoms with Crippen LogP contribution in [-0.4, -0.2) is 56.3 Å². The summed E-state index contributed by atoms with van der Waals surface area (Å²) in [7, 11) is -3.41. The minimum atomic E-state index is -3.41. The second kappa shape index (κ2) is 7.38. The Labute approximate surface area is 121 Å². The van der Waals surface area contributed by atoms with Gasteiger partial charge in [0.1, 0.15) is 6.04 Å². The third kappa shape index (κ3) is 5.76. The van der Waals surface area contributed by atoms with E-state index < -0.39 is 16.1 Å². The van der Waals surface area contributed by atoms with Gasteiger partial charge in [-0.25, -0.2) is 13.1 Å². The molecule has 0 saturated carbocycles. The van der Waals surface area contributed by atoms with E-state index in [0.29, 0.717) is 19.5 Å². The first-order valence-electron chi connectivity index (χ1n) is 7.10. The van der Waals surface area contributed by atoms with Gasteiger partial charge in [-0.05, 0) is 31.1 Å². The van der Waals surface area contributed by atoms with Crippen LogP contribution in [0.15, 0.2) is 0 Å². The van der Waals surface area contributed by atoms with E-state index in [4.69, 9.17) is 5.11 Å². The van der Waals surface area contributed by atoms with Gasteiger partial charge in [-0.3, -0.25) is 4.79 Å². The van der Waals surface area contributed by atoms with E-state index in [1.807, 2.05) is 13.8 Å². The minimum Gasteiger partial charge on any atom is -0.396 e. The van der Waals surface area contributed by atoms with Crippen LogP contribution in [0.25, 0.3) is 0 Å². The molecule has 0 aromatic rings. The molecular formula is C13H26N2O4S. The number of rotatable bonds is 6. The largest absolute Gasteiger partial charge is 0.396 e. The number of nitrogens with zero attached hydrogens (tertiary/aromatic N) is 1. The lowest BCUT2D eigenvalue weighted by Gasteiger charge is -2.34. The summed E-state index contributed by atoms with van der Waals surface area (Å²) >= 11 is 0. The zero-order valence-corrected chi connectivity index (χ0v) is 13.3. The van der Waals surface area contributed by atoms with Gasteiger partial charge in [0.15, 0.2) is 0 Å². The fourth-order valence-corrected chi connectivity index (χ4v) is 3.20. The summed E-state index contributed by atoms with van der Waals surface area (Å²) in [5.74, 6) is 0.333. The zero-order chi connectivity index (χ0) is 15.3. The molecule has 0 radical (unpaired) electrons. The highest BCUT2D eigenvalue weighted by molar-refractivity contribution is 7.88. The number of likely N-dealkylation sites (tertiary alicyclic amines) is 1. The van der Waals surface area contributed by atoms with Crippen molar-refractivity contribution >= 4 is 15.9 Å². The van der Waals surface area contributed by atoms with E-state index in [2.05, 4.69) is 4.72 Å². The number of amides is 1. The zero-order valence-electron chi connectivity index (χ0n) is 12.5. The second-order valence-electron chi connectivity index (χ2n) is 6.02. The molecule has 1 amide bonds. The predicted octanol–water partition coefficient (Wildman–Crippen LogP) is 0.181. The van der Waals surface area contributed by atoms with Gasteiger partial charge in [0.2, 0.25) is 15.9 Å². The van der Waals surface area contributed by atoms with Gasteiger partial charge in [0.25, 0.3) is 0 Å². The first kappa shape index (κ1) is 17.4. The Bertz CT molecular complexity index is 414. The van der Waals surface area contributed by atoms with Crippen molar-refractivity contribution in [3.05, 3.63) is 0 Å². The highest BCUT2D eigenvalue weighted by Crippen LogP contribution is 2.18. The van der Waals surface area contributed by atoms with E-state index >= 15 is 0 Å². The number of aliphatic hydroxyl groups excluding tert-OH is 1. The summed E-state index contributed by atoms with van der Waals surface area (Å²) in [6, 6.07) is -0.685. The van der Waals surface area contributed by atoms with Crippen LogP contribution in [-0.2, 0) is 14.8 Å². The molecule has 1 heterocycles. The van der Waals surface area contributed by atoms with Gasteiger partial charge in [0.05, 0.1) is 6.26 Å². The average Bonchev–Trinajstić information content (AvgIpc) is 2.35. The molecule has 118 valence electrons. The number of carbonyl (C=O) groups is 1. The fourth-order valence-electron chi connectivity index (χ4n) is 2.49. The molecule has 20 heavy (non-hydrogen) atoms. The summed E-state index contributed by atoms with van der Waals surface area (Å²) in [6.45, 7) is 5.25. The SMILES string of the molecule is CC(C)CC(NS(C)(=O)=O)C(=O)N1CCC(CO)CC1. The number of hydrogen-bond donors (Lipinski definition) is 2. The molecule has 0 spiro atoms. The van der Waals surface area contributed by atoms with E-state index in [1.165, 1.54) is 0 Å². The smallest absolute Gasteiger partial charge is 0.240 e. The maximum atomic E-state index is 12.4. The normalized spacial score (nSPS) is 19.4. The molecule has 1 atom stereocenters. The first-order valence-corrected chi connectivity index (χ1v) is 8.99. The summed E-state index contributed by atoms with van der Waals surface area (Å²) < 4.78 is 25.2. The molecule has 1 fully saturated rings. The minimum absolute atomic E-state index is 0.152. The third-order valence-corrected chi connectivity index (χ3v) is 4.26. The number of hydrogen-bond acceptors (Lipinski definition) is 4. The van der Waals surface area contributed by atoms with Crippen molar-refractivity contribution in [1.29, 1.82) is 0 Å². The van der Waals surface area contributed by atoms with Crippen LogP contribution < -0.4 is 4.72 Å². The van der Waals surface area contributed by atoms with E-state index in [1.54, 1.807) is 4.90 Å². The Balaban J connectivity index is 2.68. The quantitative estimate of drug-likeness (QED) is 0.733. The number of piperidine rings is 1. The Morgan fingerprint density at radius 3 is 2.30 bits per heavy atom. The topological polar surface area (TPSA) is 86.7 Å². The third-order valence-electron chi connectivity index (χ3n) is 3.55. The van der Waals surface area contributed by atoms with Gasteiger partial charge in [-0.15, -0.1) is 0 Å². The van der Waals surface area contributed by atoms with Crippen molar-refractivity contribution in [2.45, 2.75) is 39.2 Å². The van der Waals surface area contributed by atoms with Crippen LogP contribution in [0.1, 0.15) is 33.1 Å². The number of aliphatic hydroxyl groups is 1. The van der Waals surface area contributed by atoms with Gasteiger partial charge >= 0.3 is 0 Å². The molecule has 1 aliphatic rings. The summed E-state index contributed by atoms with van der Waals surface area (Å²) in [5, 5.41) is 9.10. The van der Waals surface area contributed by atoms with Crippen molar-refractivity contribution in [3.63, 3.8) is 0 Å². The molecule has 1 aliphatic heterocycles. The lowest BCUT2D eigenvalue weighted by molar-refractivity contribution is -0.135. The standard InChI is InChI=1S/C13H26N2O4S/c1-10(2)8-12(14-20(3,18)19)13(17)15-6-4-11(9-16)5-7-15/h10-12,14,16H,4-9H2,1-3H3. The average molecular weight is 306 g/mol. The highest BCUT2D eigenvalue weighted by atomic mass is 32.2. The molecular weight excluding hydrogens is 280 g/mol. The number of carbonyl (C=O) groups excluding carboxylic acids is 1. The Morgan fingerprint density at radius 1 is 1.35 bits per heavy atom. The highest BCUT2D eigenvalue weighted by Gasteiger charge is 2.30. The summed E-state index contributed by atoms with van der Waals surface area (Å²) in [6.07, 6.45) is 3.11. The summed E-state index contributed by atoms with van der Waals surface area (Å²) in [5.41, 5.74) is 0. The molecule has 1 saturated heterocycles. The number of nitrogens with one attached hydrogen (secondary N) is 1. The van der Waals surface area contributed by atoms with Crippen LogP contribution in [0.4, 0.5) is 0 Å². The van der Waals surface area contributed by atoms with Crippen molar-refractivity contribution in [2.24, 2.45) is 11.8 Å². The molecule has 0 aromatic carbocycles. The van der Waals surface area contributed by atoms with E-state index in [9.17, 15) is 13.2 Å². The first-order chi connectivity index (χ1) is 9.23. The molecule has 0 aromatic heterocycles. The summed E-state index contributed by atoms with van der Waals surface area (Å²) in [4.78, 5) is 14.1. The van der Waals surface area contributed by atoms with E-state index in [0.717, 1.165) is 19.1 Å². The second-order valence-corrected chi connectivity index (χ2v) is 7.80. The molecule has 7 heteroatoms. The lowest BCUT2D eigenvalue weighted by Crippen LogP contribution is -2.51. The molecule has 1 unspecified atom stereocenters. The lowest BCUT2D eigenvalue weighted by atomic mass is 9.96. The van der Waals surface area contributed by atoms with Crippen LogP contribution in [0, 0.1) is 11.8 Å². The molecule has 0 aliphatic carbocycles. The fraction of sp³-hybridized carbons (Fsp3) is 0.923. The monoisotopic (exact) mass is 306 g/mol. The Morgan fingerprint density at radius 2 is 1.90 bits per heavy atom. The van der Waals surface area contributed by atoms with Gasteiger partial charge < -0.3 is 10.0 Å². The Hall–Kier alpha value is -0.660. The van der Waals surface area contributed by atoms with Crippen LogP contribution in [0.5, 0.6) is 0 Å². The molecule has 6 nitrogen and oxygen atoms in total. The number of sulfonamides is 1. The van der Waals surface area contributed by atoms with Gasteiger partial charge in [-0.1, -0.05) is 13.8 Å². The molecule has 1 rings (SSSR count). The van der Waals surface area contributed by atoms with Crippen molar-refractivity contribution in [2.75, 3.05) is 26.0 Å². The van der Waals surface area contributed by atoms with Gasteiger partial charge in [0, 0.05) is 19.7 Å². The maximum absolute atomic E-state index is 12.4. The van der Waals surface area contributed by atoms with Crippen molar-refractivity contribution in [1.82, 2.24) is 9.62 Å². The van der Waals surface area contributed by atoms with E-state index in [-0.39, 0.29) is 24.3 Å². The van der Waals surface area contributed by atoms with Crippen molar-refractivity contribution in [3.8, 4) is 0 Å².